The molecule has 0 fully saturated rings. The van der Waals surface area contributed by atoms with E-state index in [1.807, 2.05) is 24.3 Å². The number of anilines is 1. The molecular formula is C23H27N3O4. The number of hydrogen-bond donors (Lipinski definition) is 1. The van der Waals surface area contributed by atoms with E-state index < -0.39 is 23.1 Å². The molecule has 0 saturated carbocycles. The van der Waals surface area contributed by atoms with Crippen molar-refractivity contribution >= 4 is 11.8 Å². The molecule has 0 amide bonds. The molecule has 1 aliphatic rings. The van der Waals surface area contributed by atoms with Crippen LogP contribution in [0.2, 0.25) is 0 Å². The average molecular weight is 409 g/mol. The van der Waals surface area contributed by atoms with Gasteiger partial charge >= 0.3 is 11.7 Å². The summed E-state index contributed by atoms with van der Waals surface area (Å²) in [5, 5.41) is 3.08. The summed E-state index contributed by atoms with van der Waals surface area (Å²) in [6.07, 6.45) is 1.49. The second kappa shape index (κ2) is 8.18. The third kappa shape index (κ3) is 3.51. The van der Waals surface area contributed by atoms with Gasteiger partial charge in [0.25, 0.3) is 5.56 Å². The van der Waals surface area contributed by atoms with Gasteiger partial charge in [-0.3, -0.25) is 13.9 Å². The Kier molecular flexibility index (Phi) is 5.82. The number of nitrogens with one attached hydrogen (secondary N) is 1. The number of rotatable bonds is 5. The van der Waals surface area contributed by atoms with Crippen LogP contribution in [0.3, 0.4) is 0 Å². The molecule has 2 aromatic rings. The Morgan fingerprint density at radius 3 is 2.40 bits per heavy atom. The number of aromatic nitrogens is 2. The van der Waals surface area contributed by atoms with Gasteiger partial charge in [-0.2, -0.15) is 0 Å². The van der Waals surface area contributed by atoms with Crippen LogP contribution in [0.15, 0.2) is 57.8 Å². The van der Waals surface area contributed by atoms with Crippen LogP contribution in [0, 0.1) is 0 Å². The van der Waals surface area contributed by atoms with Crippen LogP contribution in [0.4, 0.5) is 5.82 Å². The summed E-state index contributed by atoms with van der Waals surface area (Å²) in [4.78, 5) is 38.5. The van der Waals surface area contributed by atoms with Gasteiger partial charge in [-0.1, -0.05) is 50.8 Å². The van der Waals surface area contributed by atoms with Gasteiger partial charge in [0.05, 0.1) is 17.1 Å². The number of ether oxygens (including phenoxy) is 1. The molecule has 7 heteroatoms. The number of fused-ring (bicyclic) bond motifs is 1. The Morgan fingerprint density at radius 1 is 1.20 bits per heavy atom. The Hall–Kier alpha value is -3.35. The maximum atomic E-state index is 13.2. The smallest absolute Gasteiger partial charge is 0.337 e. The van der Waals surface area contributed by atoms with Crippen molar-refractivity contribution in [3.05, 3.63) is 85.7 Å². The molecule has 1 unspecified atom stereocenters. The van der Waals surface area contributed by atoms with Crippen molar-refractivity contribution in [1.82, 2.24) is 9.13 Å². The molecule has 1 atom stereocenters. The zero-order valence-corrected chi connectivity index (χ0v) is 18.0. The molecule has 1 aromatic carbocycles. The second-order valence-corrected chi connectivity index (χ2v) is 7.77. The molecule has 0 saturated heterocycles. The number of benzene rings is 1. The zero-order valence-electron chi connectivity index (χ0n) is 18.0. The Bertz CT molecular complexity index is 1150. The number of carbonyl (C=O) groups is 1. The molecule has 0 radical (unpaired) electrons. The molecule has 0 bridgehead atoms. The molecule has 7 nitrogen and oxygen atoms in total. The molecule has 1 N–H and O–H groups in total. The second-order valence-electron chi connectivity index (χ2n) is 7.77. The van der Waals surface area contributed by atoms with Crippen LogP contribution in [-0.2, 0) is 23.6 Å². The molecule has 3 rings (SSSR count). The minimum absolute atomic E-state index is 0.0623. The van der Waals surface area contributed by atoms with E-state index in [1.54, 1.807) is 14.0 Å². The minimum Gasteiger partial charge on any atom is -0.458 e. The lowest BCUT2D eigenvalue weighted by molar-refractivity contribution is -0.138. The standard InChI is InChI=1S/C23H27N3O4/c1-7-12-30-22(28)17-14(4)24-20-19(21(27)26(6)23(29)25(20)5)18(17)16-10-8-15(9-11-16)13(2)3/h7-11,13,18,24H,1,12H2,2-6H3. The number of nitrogens with zero attached hydrogens (tertiary/aromatic N) is 2. The highest BCUT2D eigenvalue weighted by atomic mass is 16.5. The van der Waals surface area contributed by atoms with Crippen LogP contribution >= 0.6 is 0 Å². The molecule has 158 valence electrons. The molecule has 0 aliphatic carbocycles. The van der Waals surface area contributed by atoms with Gasteiger partial charge < -0.3 is 10.1 Å². The lowest BCUT2D eigenvalue weighted by Gasteiger charge is -2.31. The van der Waals surface area contributed by atoms with Gasteiger partial charge in [-0.15, -0.1) is 0 Å². The number of allylic oxidation sites excluding steroid dienone is 1. The van der Waals surface area contributed by atoms with Crippen LogP contribution in [0.5, 0.6) is 0 Å². The van der Waals surface area contributed by atoms with Crippen molar-refractivity contribution in [2.75, 3.05) is 11.9 Å². The SMILES string of the molecule is C=CCOC(=O)C1=C(C)Nc2c(c(=O)n(C)c(=O)n2C)C1c1ccc(C(C)C)cc1. The van der Waals surface area contributed by atoms with E-state index in [4.69, 9.17) is 4.74 Å². The summed E-state index contributed by atoms with van der Waals surface area (Å²) < 4.78 is 7.77. The predicted octanol–water partition coefficient (Wildman–Crippen LogP) is 2.77. The minimum atomic E-state index is -0.662. The maximum absolute atomic E-state index is 13.2. The summed E-state index contributed by atoms with van der Waals surface area (Å²) in [6, 6.07) is 7.84. The Balaban J connectivity index is 2.30. The highest BCUT2D eigenvalue weighted by Gasteiger charge is 2.37. The van der Waals surface area contributed by atoms with Crippen molar-refractivity contribution in [1.29, 1.82) is 0 Å². The van der Waals surface area contributed by atoms with E-state index >= 15 is 0 Å². The first-order valence-corrected chi connectivity index (χ1v) is 9.84. The summed E-state index contributed by atoms with van der Waals surface area (Å²) in [5.74, 6) is -0.453. The summed E-state index contributed by atoms with van der Waals surface area (Å²) >= 11 is 0. The molecule has 30 heavy (non-hydrogen) atoms. The van der Waals surface area contributed by atoms with Crippen molar-refractivity contribution in [2.45, 2.75) is 32.6 Å². The van der Waals surface area contributed by atoms with Gasteiger partial charge in [-0.25, -0.2) is 9.59 Å². The first-order chi connectivity index (χ1) is 14.2. The molecule has 1 aromatic heterocycles. The fourth-order valence-electron chi connectivity index (χ4n) is 3.78. The fourth-order valence-corrected chi connectivity index (χ4v) is 3.78. The lowest BCUT2D eigenvalue weighted by Crippen LogP contribution is -2.43. The van der Waals surface area contributed by atoms with Crippen molar-refractivity contribution in [3.8, 4) is 0 Å². The van der Waals surface area contributed by atoms with Gasteiger partial charge in [0.2, 0.25) is 0 Å². The van der Waals surface area contributed by atoms with Crippen molar-refractivity contribution in [3.63, 3.8) is 0 Å². The fraction of sp³-hybridized carbons (Fsp3) is 0.348. The number of esters is 1. The first kappa shape index (κ1) is 21.4. The van der Waals surface area contributed by atoms with Crippen LogP contribution in [0.25, 0.3) is 0 Å². The zero-order chi connectivity index (χ0) is 22.2. The van der Waals surface area contributed by atoms with Crippen molar-refractivity contribution < 1.29 is 9.53 Å². The topological polar surface area (TPSA) is 82.3 Å². The van der Waals surface area contributed by atoms with E-state index in [0.29, 0.717) is 28.6 Å². The summed E-state index contributed by atoms with van der Waals surface area (Å²) in [5.41, 5.74) is 2.27. The van der Waals surface area contributed by atoms with Crippen molar-refractivity contribution in [2.24, 2.45) is 14.1 Å². The average Bonchev–Trinajstić information content (AvgIpc) is 2.73. The highest BCUT2D eigenvalue weighted by Crippen LogP contribution is 2.40. The van der Waals surface area contributed by atoms with Crippen LogP contribution in [0.1, 0.15) is 49.3 Å². The molecular weight excluding hydrogens is 382 g/mol. The van der Waals surface area contributed by atoms with E-state index in [1.165, 1.54) is 17.7 Å². The Morgan fingerprint density at radius 2 is 1.83 bits per heavy atom. The third-order valence-electron chi connectivity index (χ3n) is 5.48. The van der Waals surface area contributed by atoms with Crippen LogP contribution < -0.4 is 16.6 Å². The van der Waals surface area contributed by atoms with Crippen LogP contribution in [-0.4, -0.2) is 21.7 Å². The van der Waals surface area contributed by atoms with Gasteiger partial charge in [0.1, 0.15) is 12.4 Å². The number of carbonyl (C=O) groups excluding carboxylic acids is 1. The van der Waals surface area contributed by atoms with Gasteiger partial charge in [0, 0.05) is 19.8 Å². The Labute approximate surface area is 175 Å². The van der Waals surface area contributed by atoms with Gasteiger partial charge in [0.15, 0.2) is 0 Å². The van der Waals surface area contributed by atoms with E-state index in [2.05, 4.69) is 25.7 Å². The third-order valence-corrected chi connectivity index (χ3v) is 5.48. The highest BCUT2D eigenvalue weighted by molar-refractivity contribution is 5.94. The summed E-state index contributed by atoms with van der Waals surface area (Å²) in [6.45, 7) is 9.59. The first-order valence-electron chi connectivity index (χ1n) is 9.84. The van der Waals surface area contributed by atoms with Gasteiger partial charge in [-0.05, 0) is 24.0 Å². The van der Waals surface area contributed by atoms with E-state index in [-0.39, 0.29) is 6.61 Å². The monoisotopic (exact) mass is 409 g/mol. The maximum Gasteiger partial charge on any atom is 0.337 e. The molecule has 0 spiro atoms. The quantitative estimate of drug-likeness (QED) is 0.607. The normalized spacial score (nSPS) is 15.6. The number of hydrogen-bond acceptors (Lipinski definition) is 5. The van der Waals surface area contributed by atoms with E-state index in [0.717, 1.165) is 15.7 Å². The van der Waals surface area contributed by atoms with E-state index in [9.17, 15) is 14.4 Å². The predicted molar refractivity (Wildman–Crippen MR) is 117 cm³/mol. The largest absolute Gasteiger partial charge is 0.458 e. The molecule has 2 heterocycles. The molecule has 1 aliphatic heterocycles. The summed E-state index contributed by atoms with van der Waals surface area (Å²) in [7, 11) is 3.03. The lowest BCUT2D eigenvalue weighted by atomic mass is 9.81.